The van der Waals surface area contributed by atoms with Gasteiger partial charge in [0.15, 0.2) is 0 Å². The molecular formula is C18H26N2O3. The third-order valence-electron chi connectivity index (χ3n) is 5.45. The van der Waals surface area contributed by atoms with Gasteiger partial charge in [-0.05, 0) is 31.1 Å². The maximum atomic E-state index is 12.6. The van der Waals surface area contributed by atoms with Crippen LogP contribution in [-0.2, 0) is 14.4 Å². The lowest BCUT2D eigenvalue weighted by molar-refractivity contribution is -0.141. The molecule has 3 amide bonds. The fourth-order valence-corrected chi connectivity index (χ4v) is 4.45. The monoisotopic (exact) mass is 318 g/mol. The highest BCUT2D eigenvalue weighted by atomic mass is 16.2. The zero-order valence-corrected chi connectivity index (χ0v) is 14.0. The number of likely N-dealkylation sites (tertiary alicyclic amines) is 1. The molecule has 1 aliphatic heterocycles. The molecule has 0 unspecified atom stereocenters. The van der Waals surface area contributed by atoms with Gasteiger partial charge in [0.05, 0.1) is 11.8 Å². The maximum absolute atomic E-state index is 12.6. The summed E-state index contributed by atoms with van der Waals surface area (Å²) < 4.78 is 0. The Labute approximate surface area is 137 Å². The molecule has 0 aromatic heterocycles. The topological polar surface area (TPSA) is 57.7 Å². The summed E-state index contributed by atoms with van der Waals surface area (Å²) in [6, 6.07) is 0. The van der Waals surface area contributed by atoms with E-state index in [2.05, 4.69) is 12.2 Å². The average molecular weight is 318 g/mol. The highest BCUT2D eigenvalue weighted by molar-refractivity contribution is 6.06. The van der Waals surface area contributed by atoms with Gasteiger partial charge in [-0.1, -0.05) is 26.0 Å². The third-order valence-corrected chi connectivity index (χ3v) is 5.45. The van der Waals surface area contributed by atoms with Crippen LogP contribution >= 0.6 is 0 Å². The summed E-state index contributed by atoms with van der Waals surface area (Å²) in [6.07, 6.45) is 7.23. The number of carbonyl (C=O) groups is 3. The number of hydrogen-bond donors (Lipinski definition) is 0. The summed E-state index contributed by atoms with van der Waals surface area (Å²) in [7, 11) is 0. The summed E-state index contributed by atoms with van der Waals surface area (Å²) in [5.74, 6) is 0.0967. The van der Waals surface area contributed by atoms with Crippen LogP contribution in [0.2, 0.25) is 0 Å². The molecule has 3 aliphatic rings. The lowest BCUT2D eigenvalue weighted by Crippen LogP contribution is -2.38. The van der Waals surface area contributed by atoms with E-state index in [1.807, 2.05) is 18.7 Å². The molecule has 2 fully saturated rings. The Morgan fingerprint density at radius 3 is 2.09 bits per heavy atom. The molecule has 5 heteroatoms. The highest BCUT2D eigenvalue weighted by Gasteiger charge is 2.59. The van der Waals surface area contributed by atoms with Crippen LogP contribution in [0.4, 0.5) is 0 Å². The van der Waals surface area contributed by atoms with Gasteiger partial charge >= 0.3 is 0 Å². The van der Waals surface area contributed by atoms with Gasteiger partial charge in [0, 0.05) is 26.1 Å². The SMILES string of the molecule is CCCN(CCC)C(=O)CCN1C(=O)[C@@H]2[C@H](C1=O)[C@H]1C=C[C@H]2C1. The Balaban J connectivity index is 1.60. The third kappa shape index (κ3) is 2.70. The molecule has 2 aliphatic carbocycles. The Hall–Kier alpha value is -1.65. The number of carbonyl (C=O) groups excluding carboxylic acids is 3. The summed E-state index contributed by atoms with van der Waals surface area (Å²) in [5, 5.41) is 0. The summed E-state index contributed by atoms with van der Waals surface area (Å²) in [5.41, 5.74) is 0. The van der Waals surface area contributed by atoms with Crippen molar-refractivity contribution < 1.29 is 14.4 Å². The fraction of sp³-hybridized carbons (Fsp3) is 0.722. The van der Waals surface area contributed by atoms with Gasteiger partial charge in [-0.2, -0.15) is 0 Å². The van der Waals surface area contributed by atoms with Crippen molar-refractivity contribution >= 4 is 17.7 Å². The molecule has 4 atom stereocenters. The van der Waals surface area contributed by atoms with Crippen molar-refractivity contribution in [2.75, 3.05) is 19.6 Å². The van der Waals surface area contributed by atoms with Gasteiger partial charge in [-0.3, -0.25) is 19.3 Å². The predicted molar refractivity (Wildman–Crippen MR) is 86.2 cm³/mol. The normalized spacial score (nSPS) is 31.1. The Morgan fingerprint density at radius 1 is 1.09 bits per heavy atom. The van der Waals surface area contributed by atoms with Crippen LogP contribution in [-0.4, -0.2) is 47.2 Å². The average Bonchev–Trinajstić information content (AvgIpc) is 3.20. The van der Waals surface area contributed by atoms with Crippen LogP contribution in [0.25, 0.3) is 0 Å². The first-order valence-electron chi connectivity index (χ1n) is 8.89. The standard InChI is InChI=1S/C18H26N2O3/c1-3-8-19(9-4-2)14(21)7-10-20-17(22)15-12-5-6-13(11-12)16(15)18(20)23/h5-6,12-13,15-16H,3-4,7-11H2,1-2H3/t12-,13-,15-,16+/m0/s1. The van der Waals surface area contributed by atoms with Crippen molar-refractivity contribution in [1.29, 1.82) is 0 Å². The molecule has 0 spiro atoms. The van der Waals surface area contributed by atoms with E-state index >= 15 is 0 Å². The molecule has 23 heavy (non-hydrogen) atoms. The van der Waals surface area contributed by atoms with E-state index < -0.39 is 0 Å². The number of fused-ring (bicyclic) bond motifs is 5. The summed E-state index contributed by atoms with van der Waals surface area (Å²) >= 11 is 0. The van der Waals surface area contributed by atoms with E-state index in [-0.39, 0.29) is 54.4 Å². The zero-order chi connectivity index (χ0) is 16.6. The minimum atomic E-state index is -0.157. The molecule has 0 N–H and O–H groups in total. The second-order valence-electron chi connectivity index (χ2n) is 6.96. The van der Waals surface area contributed by atoms with E-state index in [1.165, 1.54) is 4.90 Å². The lowest BCUT2D eigenvalue weighted by Gasteiger charge is -2.23. The Bertz CT molecular complexity index is 506. The van der Waals surface area contributed by atoms with Crippen molar-refractivity contribution in [3.63, 3.8) is 0 Å². The molecule has 5 nitrogen and oxygen atoms in total. The molecule has 1 heterocycles. The molecule has 1 saturated heterocycles. The van der Waals surface area contributed by atoms with Crippen LogP contribution in [0.5, 0.6) is 0 Å². The van der Waals surface area contributed by atoms with Crippen molar-refractivity contribution in [2.24, 2.45) is 23.7 Å². The largest absolute Gasteiger partial charge is 0.343 e. The molecule has 0 aromatic carbocycles. The quantitative estimate of drug-likeness (QED) is 0.531. The van der Waals surface area contributed by atoms with Crippen molar-refractivity contribution in [3.8, 4) is 0 Å². The first-order valence-corrected chi connectivity index (χ1v) is 8.89. The van der Waals surface area contributed by atoms with E-state index in [4.69, 9.17) is 0 Å². The first-order chi connectivity index (χ1) is 11.1. The van der Waals surface area contributed by atoms with Gasteiger partial charge in [0.2, 0.25) is 17.7 Å². The summed E-state index contributed by atoms with van der Waals surface area (Å²) in [4.78, 5) is 40.7. The van der Waals surface area contributed by atoms with Crippen molar-refractivity contribution in [2.45, 2.75) is 39.5 Å². The smallest absolute Gasteiger partial charge is 0.233 e. The van der Waals surface area contributed by atoms with E-state index in [1.54, 1.807) is 0 Å². The van der Waals surface area contributed by atoms with Crippen LogP contribution in [0.3, 0.4) is 0 Å². The van der Waals surface area contributed by atoms with E-state index in [9.17, 15) is 14.4 Å². The maximum Gasteiger partial charge on any atom is 0.233 e. The van der Waals surface area contributed by atoms with Crippen molar-refractivity contribution in [3.05, 3.63) is 12.2 Å². The second-order valence-corrected chi connectivity index (χ2v) is 6.96. The predicted octanol–water partition coefficient (Wildman–Crippen LogP) is 1.83. The zero-order valence-electron chi connectivity index (χ0n) is 14.0. The van der Waals surface area contributed by atoms with Gasteiger partial charge in [-0.15, -0.1) is 0 Å². The number of amides is 3. The fourth-order valence-electron chi connectivity index (χ4n) is 4.45. The molecule has 1 saturated carbocycles. The second kappa shape index (κ2) is 6.46. The molecule has 126 valence electrons. The number of imide groups is 1. The highest BCUT2D eigenvalue weighted by Crippen LogP contribution is 2.52. The first kappa shape index (κ1) is 16.2. The number of rotatable bonds is 7. The van der Waals surface area contributed by atoms with Crippen molar-refractivity contribution in [1.82, 2.24) is 9.80 Å². The van der Waals surface area contributed by atoms with E-state index in [0.717, 1.165) is 32.4 Å². The minimum Gasteiger partial charge on any atom is -0.343 e. The Kier molecular flexibility index (Phi) is 4.55. The lowest BCUT2D eigenvalue weighted by atomic mass is 9.85. The molecular weight excluding hydrogens is 292 g/mol. The molecule has 2 bridgehead atoms. The summed E-state index contributed by atoms with van der Waals surface area (Å²) in [6.45, 7) is 5.83. The number of hydrogen-bond acceptors (Lipinski definition) is 3. The van der Waals surface area contributed by atoms with Gasteiger partial charge in [-0.25, -0.2) is 0 Å². The van der Waals surface area contributed by atoms with Gasteiger partial charge < -0.3 is 4.90 Å². The number of nitrogens with zero attached hydrogens (tertiary/aromatic N) is 2. The van der Waals surface area contributed by atoms with E-state index in [0.29, 0.717) is 0 Å². The molecule has 0 radical (unpaired) electrons. The van der Waals surface area contributed by atoms with Gasteiger partial charge in [0.1, 0.15) is 0 Å². The van der Waals surface area contributed by atoms with Gasteiger partial charge in [0.25, 0.3) is 0 Å². The Morgan fingerprint density at radius 2 is 1.61 bits per heavy atom. The minimum absolute atomic E-state index is 0.0486. The van der Waals surface area contributed by atoms with Crippen LogP contribution in [0, 0.1) is 23.7 Å². The van der Waals surface area contributed by atoms with Crippen LogP contribution in [0.15, 0.2) is 12.2 Å². The number of allylic oxidation sites excluding steroid dienone is 2. The molecule has 0 aromatic rings. The van der Waals surface area contributed by atoms with Crippen LogP contribution < -0.4 is 0 Å². The van der Waals surface area contributed by atoms with Crippen LogP contribution in [0.1, 0.15) is 39.5 Å². The molecule has 3 rings (SSSR count).